The van der Waals surface area contributed by atoms with Crippen molar-refractivity contribution in [1.29, 1.82) is 0 Å². The second kappa shape index (κ2) is 9.51. The van der Waals surface area contributed by atoms with E-state index in [-0.39, 0.29) is 22.9 Å². The molecule has 0 saturated heterocycles. The molecule has 0 radical (unpaired) electrons. The molecule has 7 heteroatoms. The minimum atomic E-state index is -3.66. The highest BCUT2D eigenvalue weighted by Gasteiger charge is 2.26. The Kier molecular flexibility index (Phi) is 7.53. The molecule has 2 rings (SSSR count). The van der Waals surface area contributed by atoms with Crippen LogP contribution in [0.3, 0.4) is 0 Å². The van der Waals surface area contributed by atoms with E-state index in [4.69, 9.17) is 4.74 Å². The third-order valence-corrected chi connectivity index (χ3v) is 6.71. The van der Waals surface area contributed by atoms with Gasteiger partial charge in [0, 0.05) is 19.1 Å². The lowest BCUT2D eigenvalue weighted by atomic mass is 10.2. The molecule has 1 amide bonds. The highest BCUT2D eigenvalue weighted by atomic mass is 32.2. The van der Waals surface area contributed by atoms with E-state index in [0.717, 1.165) is 5.56 Å². The lowest BCUT2D eigenvalue weighted by Gasteiger charge is -2.33. The number of hydrogen-bond donors (Lipinski definition) is 0. The molecule has 1 unspecified atom stereocenters. The molecule has 0 spiro atoms. The number of benzene rings is 2. The van der Waals surface area contributed by atoms with Crippen molar-refractivity contribution >= 4 is 21.6 Å². The molecule has 0 aromatic heterocycles. The minimum absolute atomic E-state index is 0.0755. The van der Waals surface area contributed by atoms with Crippen LogP contribution >= 0.6 is 0 Å². The summed E-state index contributed by atoms with van der Waals surface area (Å²) in [5, 5.41) is 0. The molecule has 0 heterocycles. The van der Waals surface area contributed by atoms with Crippen LogP contribution in [0.2, 0.25) is 0 Å². The maximum atomic E-state index is 12.8. The van der Waals surface area contributed by atoms with Crippen LogP contribution < -0.4 is 9.04 Å². The van der Waals surface area contributed by atoms with Gasteiger partial charge in [0.15, 0.2) is 6.10 Å². The van der Waals surface area contributed by atoms with Crippen molar-refractivity contribution in [2.45, 2.75) is 64.6 Å². The van der Waals surface area contributed by atoms with Crippen LogP contribution in [-0.2, 0) is 14.8 Å². The van der Waals surface area contributed by atoms with Gasteiger partial charge in [-0.05, 0) is 77.9 Å². The van der Waals surface area contributed by atoms with Crippen LogP contribution in [0.25, 0.3) is 0 Å². The molecule has 30 heavy (non-hydrogen) atoms. The zero-order chi connectivity index (χ0) is 22.6. The zero-order valence-electron chi connectivity index (χ0n) is 18.8. The predicted molar refractivity (Wildman–Crippen MR) is 120 cm³/mol. The summed E-state index contributed by atoms with van der Waals surface area (Å²) in [6.07, 6.45) is -0.644. The number of hydrogen-bond acceptors (Lipinski definition) is 4. The first-order valence-corrected chi connectivity index (χ1v) is 11.5. The van der Waals surface area contributed by atoms with Gasteiger partial charge in [0.2, 0.25) is 0 Å². The van der Waals surface area contributed by atoms with Gasteiger partial charge in [0.1, 0.15) is 5.75 Å². The van der Waals surface area contributed by atoms with Crippen LogP contribution in [0.4, 0.5) is 5.69 Å². The quantitative estimate of drug-likeness (QED) is 0.626. The van der Waals surface area contributed by atoms with Crippen molar-refractivity contribution in [1.82, 2.24) is 4.90 Å². The van der Waals surface area contributed by atoms with Crippen molar-refractivity contribution in [3.8, 4) is 5.75 Å². The summed E-state index contributed by atoms with van der Waals surface area (Å²) in [5.74, 6) is 0.427. The van der Waals surface area contributed by atoms with Gasteiger partial charge >= 0.3 is 0 Å². The Hall–Kier alpha value is -2.54. The van der Waals surface area contributed by atoms with Gasteiger partial charge in [-0.25, -0.2) is 8.42 Å². The number of rotatable bonds is 8. The lowest BCUT2D eigenvalue weighted by molar-refractivity contribution is -0.141. The van der Waals surface area contributed by atoms with E-state index in [1.165, 1.54) is 11.4 Å². The first-order chi connectivity index (χ1) is 13.9. The number of carbonyl (C=O) groups excluding carboxylic acids is 1. The second-order valence-electron chi connectivity index (χ2n) is 7.97. The average Bonchev–Trinajstić information content (AvgIpc) is 2.67. The number of aryl methyl sites for hydroxylation is 1. The largest absolute Gasteiger partial charge is 0.481 e. The first-order valence-electron chi connectivity index (χ1n) is 10.1. The molecule has 2 aromatic rings. The smallest absolute Gasteiger partial charge is 0.264 e. The Balaban J connectivity index is 2.14. The van der Waals surface area contributed by atoms with Crippen molar-refractivity contribution in [2.24, 2.45) is 0 Å². The van der Waals surface area contributed by atoms with Gasteiger partial charge in [-0.3, -0.25) is 9.10 Å². The summed E-state index contributed by atoms with van der Waals surface area (Å²) in [7, 11) is -2.14. The van der Waals surface area contributed by atoms with Crippen LogP contribution in [-0.4, -0.2) is 44.5 Å². The second-order valence-corrected chi connectivity index (χ2v) is 9.94. The number of sulfonamides is 1. The van der Waals surface area contributed by atoms with E-state index in [0.29, 0.717) is 11.4 Å². The molecule has 0 saturated carbocycles. The Morgan fingerprint density at radius 3 is 1.83 bits per heavy atom. The predicted octanol–water partition coefficient (Wildman–Crippen LogP) is 4.23. The zero-order valence-corrected chi connectivity index (χ0v) is 19.6. The van der Waals surface area contributed by atoms with E-state index < -0.39 is 16.1 Å². The Morgan fingerprint density at radius 1 is 0.867 bits per heavy atom. The molecular weight excluding hydrogens is 400 g/mol. The number of carbonyl (C=O) groups is 1. The van der Waals surface area contributed by atoms with Crippen LogP contribution in [0.15, 0.2) is 53.4 Å². The van der Waals surface area contributed by atoms with Gasteiger partial charge in [-0.2, -0.15) is 0 Å². The van der Waals surface area contributed by atoms with Gasteiger partial charge in [0.25, 0.3) is 15.9 Å². The molecule has 0 aliphatic carbocycles. The SMILES string of the molecule is Cc1ccc(S(=O)(=O)N(C)c2ccc(OC(C)C(=O)N(C(C)C)C(C)C)cc2)cc1. The molecule has 0 fully saturated rings. The fraction of sp³-hybridized carbons (Fsp3) is 0.435. The number of anilines is 1. The molecular formula is C23H32N2O4S. The van der Waals surface area contributed by atoms with Crippen molar-refractivity contribution in [2.75, 3.05) is 11.4 Å². The van der Waals surface area contributed by atoms with Crippen LogP contribution in [0.1, 0.15) is 40.2 Å². The van der Waals surface area contributed by atoms with Gasteiger partial charge in [-0.15, -0.1) is 0 Å². The van der Waals surface area contributed by atoms with Gasteiger partial charge < -0.3 is 9.64 Å². The summed E-state index contributed by atoms with van der Waals surface area (Å²) in [5.41, 5.74) is 1.50. The Labute approximate surface area is 180 Å². The number of amides is 1. The minimum Gasteiger partial charge on any atom is -0.481 e. The number of ether oxygens (including phenoxy) is 1. The highest BCUT2D eigenvalue weighted by Crippen LogP contribution is 2.25. The molecule has 6 nitrogen and oxygen atoms in total. The molecule has 0 bridgehead atoms. The summed E-state index contributed by atoms with van der Waals surface area (Å²) < 4.78 is 32.7. The molecule has 0 aliphatic rings. The van der Waals surface area contributed by atoms with Gasteiger partial charge in [0.05, 0.1) is 10.6 Å². The topological polar surface area (TPSA) is 66.9 Å². The first kappa shape index (κ1) is 23.7. The third kappa shape index (κ3) is 5.33. The molecule has 0 N–H and O–H groups in total. The molecule has 1 atom stereocenters. The summed E-state index contributed by atoms with van der Waals surface area (Å²) in [4.78, 5) is 14.8. The monoisotopic (exact) mass is 432 g/mol. The maximum absolute atomic E-state index is 12.8. The fourth-order valence-corrected chi connectivity index (χ4v) is 4.51. The van der Waals surface area contributed by atoms with Crippen LogP contribution in [0, 0.1) is 6.92 Å². The average molecular weight is 433 g/mol. The Bertz CT molecular complexity index is 944. The van der Waals surface area contributed by atoms with E-state index >= 15 is 0 Å². The maximum Gasteiger partial charge on any atom is 0.264 e. The molecule has 2 aromatic carbocycles. The standard InChI is InChI=1S/C23H32N2O4S/c1-16(2)25(17(3)4)23(26)19(6)29-21-12-10-20(11-13-21)24(7)30(27,28)22-14-8-18(5)9-15-22/h8-17,19H,1-7H3. The molecule has 164 valence electrons. The summed E-state index contributed by atoms with van der Waals surface area (Å²) >= 11 is 0. The summed E-state index contributed by atoms with van der Waals surface area (Å²) in [6, 6.07) is 13.6. The van der Waals surface area contributed by atoms with Crippen molar-refractivity contribution in [3.05, 3.63) is 54.1 Å². The van der Waals surface area contributed by atoms with Crippen molar-refractivity contribution < 1.29 is 17.9 Å². The highest BCUT2D eigenvalue weighted by molar-refractivity contribution is 7.92. The molecule has 0 aliphatic heterocycles. The van der Waals surface area contributed by atoms with E-state index in [1.54, 1.807) is 60.4 Å². The lowest BCUT2D eigenvalue weighted by Crippen LogP contribution is -2.47. The van der Waals surface area contributed by atoms with Crippen molar-refractivity contribution in [3.63, 3.8) is 0 Å². The summed E-state index contributed by atoms with van der Waals surface area (Å²) in [6.45, 7) is 11.5. The van der Waals surface area contributed by atoms with Gasteiger partial charge in [-0.1, -0.05) is 17.7 Å². The van der Waals surface area contributed by atoms with E-state index in [1.807, 2.05) is 34.6 Å². The van der Waals surface area contributed by atoms with E-state index in [2.05, 4.69) is 0 Å². The van der Waals surface area contributed by atoms with E-state index in [9.17, 15) is 13.2 Å². The normalized spacial score (nSPS) is 12.7. The number of nitrogens with zero attached hydrogens (tertiary/aromatic N) is 2. The third-order valence-electron chi connectivity index (χ3n) is 4.91. The Morgan fingerprint density at radius 2 is 1.37 bits per heavy atom. The van der Waals surface area contributed by atoms with Crippen LogP contribution in [0.5, 0.6) is 5.75 Å². The fourth-order valence-electron chi connectivity index (χ4n) is 3.31.